The molecule has 0 saturated heterocycles. The molecule has 1 radical (unpaired) electrons. The Labute approximate surface area is 162 Å². The van der Waals surface area contributed by atoms with Crippen molar-refractivity contribution < 1.29 is 47.2 Å². The number of hydrogen-bond donors (Lipinski definition) is 2. The van der Waals surface area contributed by atoms with E-state index in [0.29, 0.717) is 0 Å². The van der Waals surface area contributed by atoms with Gasteiger partial charge in [0.2, 0.25) is 6.33 Å². The molecule has 121 valence electrons. The molecule has 0 spiro atoms. The van der Waals surface area contributed by atoms with E-state index in [-0.39, 0.29) is 57.8 Å². The molecule has 0 aliphatic carbocycles. The molecule has 6 heteroatoms. The molecule has 0 saturated carbocycles. The van der Waals surface area contributed by atoms with Gasteiger partial charge in [0.25, 0.3) is 5.91 Å². The van der Waals surface area contributed by atoms with Gasteiger partial charge in [-0.15, -0.1) is 0 Å². The fourth-order valence-electron chi connectivity index (χ4n) is 2.56. The summed E-state index contributed by atoms with van der Waals surface area (Å²) in [4.78, 5) is 12.3. The number of amides is 1. The van der Waals surface area contributed by atoms with Crippen molar-refractivity contribution >= 4 is 11.6 Å². The van der Waals surface area contributed by atoms with Crippen LogP contribution in [0.3, 0.4) is 0 Å². The third-order valence-electron chi connectivity index (χ3n) is 3.71. The van der Waals surface area contributed by atoms with E-state index in [2.05, 4.69) is 5.32 Å². The molecule has 1 aromatic carbocycles. The van der Waals surface area contributed by atoms with Gasteiger partial charge in [-0.3, -0.25) is 4.79 Å². The molecular weight excluding hydrogens is 367 g/mol. The number of aliphatic hydroxyl groups is 1. The summed E-state index contributed by atoms with van der Waals surface area (Å²) in [6, 6.07) is 6.18. The van der Waals surface area contributed by atoms with Crippen LogP contribution in [0.2, 0.25) is 0 Å². The summed E-state index contributed by atoms with van der Waals surface area (Å²) in [6.07, 6.45) is 3.67. The first-order chi connectivity index (χ1) is 10.4. The summed E-state index contributed by atoms with van der Waals surface area (Å²) in [6.45, 7) is 8.23. The number of anilines is 1. The Morgan fingerprint density at radius 3 is 2.39 bits per heavy atom. The third-order valence-corrected chi connectivity index (χ3v) is 3.71. The van der Waals surface area contributed by atoms with E-state index in [1.165, 1.54) is 0 Å². The molecule has 1 heterocycles. The summed E-state index contributed by atoms with van der Waals surface area (Å²) >= 11 is 0. The zero-order chi connectivity index (χ0) is 16.3. The number of nitrogens with one attached hydrogen (secondary N) is 1. The molecule has 0 bridgehead atoms. The minimum atomic E-state index is -0.0761. The van der Waals surface area contributed by atoms with Gasteiger partial charge in [0.15, 0.2) is 12.2 Å². The normalized spacial score (nSPS) is 10.5. The second kappa shape index (κ2) is 8.71. The van der Waals surface area contributed by atoms with Crippen LogP contribution in [0.25, 0.3) is 0 Å². The molecular formula is C17H24N3O2Y+. The molecule has 1 aromatic heterocycles. The van der Waals surface area contributed by atoms with Gasteiger partial charge in [0, 0.05) is 38.4 Å². The van der Waals surface area contributed by atoms with Crippen LogP contribution in [0, 0.1) is 13.8 Å². The maximum atomic E-state index is 12.3. The number of carbonyl (C=O) groups is 1. The minimum Gasteiger partial charge on any atom is -0.388 e. The Morgan fingerprint density at radius 1 is 1.30 bits per heavy atom. The van der Waals surface area contributed by atoms with Crippen LogP contribution < -0.4 is 9.88 Å². The zero-order valence-electron chi connectivity index (χ0n) is 14.2. The van der Waals surface area contributed by atoms with E-state index in [1.54, 1.807) is 4.57 Å². The Balaban J connectivity index is 0.00000264. The Morgan fingerprint density at radius 2 is 1.91 bits per heavy atom. The van der Waals surface area contributed by atoms with E-state index < -0.39 is 0 Å². The predicted molar refractivity (Wildman–Crippen MR) is 85.5 cm³/mol. The van der Waals surface area contributed by atoms with Crippen LogP contribution in [-0.4, -0.2) is 15.6 Å². The number of hydrogen-bond acceptors (Lipinski definition) is 2. The number of aromatic nitrogens is 2. The number of rotatable bonds is 5. The standard InChI is InChI=1S/C17H23N3O2.Y/c1-12(2)20-11-19(8-15(20)10-21)9-16(22)18-17-13(3)6-5-7-14(17)4;/h5-8,11-12,21H,9-10H2,1-4H3;/p+1. The molecule has 2 aromatic rings. The number of nitrogens with zero attached hydrogens (tertiary/aromatic N) is 2. The van der Waals surface area contributed by atoms with Crippen molar-refractivity contribution in [3.8, 4) is 0 Å². The van der Waals surface area contributed by atoms with Crippen LogP contribution in [0.1, 0.15) is 36.7 Å². The fourth-order valence-corrected chi connectivity index (χ4v) is 2.56. The average molecular weight is 391 g/mol. The fraction of sp³-hybridized carbons (Fsp3) is 0.412. The van der Waals surface area contributed by atoms with Crippen LogP contribution in [0.4, 0.5) is 5.69 Å². The van der Waals surface area contributed by atoms with Crippen molar-refractivity contribution in [2.75, 3.05) is 5.32 Å². The molecule has 0 atom stereocenters. The second-order valence-corrected chi connectivity index (χ2v) is 5.88. The van der Waals surface area contributed by atoms with Gasteiger partial charge < -0.3 is 10.4 Å². The number of carbonyl (C=O) groups excluding carboxylic acids is 1. The first-order valence-electron chi connectivity index (χ1n) is 7.49. The second-order valence-electron chi connectivity index (χ2n) is 5.88. The Hall–Kier alpha value is -1.04. The summed E-state index contributed by atoms with van der Waals surface area (Å²) in [5.74, 6) is -0.0761. The molecule has 0 fully saturated rings. The summed E-state index contributed by atoms with van der Waals surface area (Å²) in [5.41, 5.74) is 3.77. The van der Waals surface area contributed by atoms with Crippen LogP contribution in [0.15, 0.2) is 30.7 Å². The molecule has 0 aliphatic rings. The van der Waals surface area contributed by atoms with Gasteiger partial charge in [0.05, 0.1) is 6.04 Å². The Kier molecular flexibility index (Phi) is 7.58. The maximum Gasteiger partial charge on any atom is 0.266 e. The van der Waals surface area contributed by atoms with E-state index in [9.17, 15) is 9.90 Å². The number of aryl methyl sites for hydroxylation is 2. The van der Waals surface area contributed by atoms with Crippen molar-refractivity contribution in [1.82, 2.24) is 4.57 Å². The molecule has 1 amide bonds. The van der Waals surface area contributed by atoms with Crippen molar-refractivity contribution in [2.24, 2.45) is 0 Å². The predicted octanol–water partition coefficient (Wildman–Crippen LogP) is 2.10. The molecule has 0 aliphatic heterocycles. The average Bonchev–Trinajstić information content (AvgIpc) is 2.86. The quantitative estimate of drug-likeness (QED) is 0.768. The first-order valence-corrected chi connectivity index (χ1v) is 7.49. The molecule has 5 nitrogen and oxygen atoms in total. The maximum absolute atomic E-state index is 12.3. The van der Waals surface area contributed by atoms with Gasteiger partial charge in [-0.2, -0.15) is 0 Å². The van der Waals surface area contributed by atoms with Gasteiger partial charge in [-0.05, 0) is 38.8 Å². The van der Waals surface area contributed by atoms with Gasteiger partial charge in [-0.25, -0.2) is 9.13 Å². The van der Waals surface area contributed by atoms with Gasteiger partial charge >= 0.3 is 0 Å². The molecule has 2 N–H and O–H groups in total. The van der Waals surface area contributed by atoms with Crippen molar-refractivity contribution in [1.29, 1.82) is 0 Å². The van der Waals surface area contributed by atoms with E-state index in [4.69, 9.17) is 0 Å². The Bertz CT molecular complexity index is 660. The van der Waals surface area contributed by atoms with Crippen LogP contribution in [0.5, 0.6) is 0 Å². The summed E-state index contributed by atoms with van der Waals surface area (Å²) < 4.78 is 3.76. The van der Waals surface area contributed by atoms with E-state index in [0.717, 1.165) is 22.5 Å². The van der Waals surface area contributed by atoms with Crippen molar-refractivity contribution in [3.63, 3.8) is 0 Å². The zero-order valence-corrected chi connectivity index (χ0v) is 17.0. The summed E-state index contributed by atoms with van der Waals surface area (Å²) in [5, 5.41) is 12.4. The number of aliphatic hydroxyl groups excluding tert-OH is 1. The first kappa shape index (κ1) is 20.0. The minimum absolute atomic E-state index is 0. The summed E-state index contributed by atoms with van der Waals surface area (Å²) in [7, 11) is 0. The molecule has 0 unspecified atom stereocenters. The monoisotopic (exact) mass is 391 g/mol. The third kappa shape index (κ3) is 4.97. The number of imidazole rings is 1. The van der Waals surface area contributed by atoms with E-state index >= 15 is 0 Å². The van der Waals surface area contributed by atoms with Gasteiger partial charge in [-0.1, -0.05) is 18.2 Å². The van der Waals surface area contributed by atoms with Crippen molar-refractivity contribution in [3.05, 3.63) is 47.5 Å². The number of para-hydroxylation sites is 1. The van der Waals surface area contributed by atoms with Crippen molar-refractivity contribution in [2.45, 2.75) is 46.9 Å². The number of benzene rings is 1. The van der Waals surface area contributed by atoms with Crippen LogP contribution in [-0.2, 0) is 50.7 Å². The SMILES string of the molecule is Cc1cccc(C)c1NC(=O)C[n+]1cc(CO)n(C(C)C)c1.[Y]. The molecule has 23 heavy (non-hydrogen) atoms. The topological polar surface area (TPSA) is 58.1 Å². The largest absolute Gasteiger partial charge is 0.388 e. The smallest absolute Gasteiger partial charge is 0.266 e. The van der Waals surface area contributed by atoms with Crippen LogP contribution >= 0.6 is 0 Å². The molecule has 2 rings (SSSR count). The van der Waals surface area contributed by atoms with E-state index in [1.807, 2.05) is 63.0 Å². The van der Waals surface area contributed by atoms with Gasteiger partial charge in [0.1, 0.15) is 12.8 Å².